The van der Waals surface area contributed by atoms with Crippen molar-refractivity contribution in [3.05, 3.63) is 0 Å². The number of likely N-dealkylation sites (tertiary alicyclic amines) is 1. The molecule has 1 aliphatic carbocycles. The topological polar surface area (TPSA) is 38.5 Å². The first-order chi connectivity index (χ1) is 7.58. The molecule has 2 N–H and O–H groups in total. The lowest BCUT2D eigenvalue weighted by atomic mass is 9.80. The highest BCUT2D eigenvalue weighted by atomic mass is 35.5. The van der Waals surface area contributed by atoms with Crippen LogP contribution in [0.2, 0.25) is 0 Å². The number of hydrogen-bond donors (Lipinski definition) is 1. The molecule has 1 aliphatic heterocycles. The van der Waals surface area contributed by atoms with Crippen molar-refractivity contribution in [1.82, 2.24) is 4.90 Å². The fourth-order valence-corrected chi connectivity index (χ4v) is 2.40. The summed E-state index contributed by atoms with van der Waals surface area (Å²) in [4.78, 5) is 2.50. The maximum Gasteiger partial charge on any atom is 0.0593 e. The van der Waals surface area contributed by atoms with Crippen LogP contribution in [0.15, 0.2) is 0 Å². The quantitative estimate of drug-likeness (QED) is 0.769. The lowest BCUT2D eigenvalue weighted by Crippen LogP contribution is -2.52. The normalized spacial score (nSPS) is 28.8. The van der Waals surface area contributed by atoms with Crippen LogP contribution in [0.3, 0.4) is 0 Å². The molecule has 2 rings (SSSR count). The van der Waals surface area contributed by atoms with E-state index in [1.54, 1.807) is 0 Å². The number of piperidine rings is 1. The highest BCUT2D eigenvalue weighted by molar-refractivity contribution is 5.85. The summed E-state index contributed by atoms with van der Waals surface area (Å²) in [6, 6.07) is 0.358. The van der Waals surface area contributed by atoms with Gasteiger partial charge in [-0.2, -0.15) is 0 Å². The minimum Gasteiger partial charge on any atom is -0.380 e. The molecule has 1 unspecified atom stereocenters. The highest BCUT2D eigenvalue weighted by Gasteiger charge is 2.33. The van der Waals surface area contributed by atoms with E-state index >= 15 is 0 Å². The Bertz CT molecular complexity index is 231. The summed E-state index contributed by atoms with van der Waals surface area (Å²) in [5.74, 6) is 0.881. The highest BCUT2D eigenvalue weighted by Crippen LogP contribution is 2.29. The molecule has 1 saturated carbocycles. The van der Waals surface area contributed by atoms with E-state index < -0.39 is 0 Å². The van der Waals surface area contributed by atoms with Crippen LogP contribution in [-0.4, -0.2) is 43.8 Å². The van der Waals surface area contributed by atoms with Crippen LogP contribution < -0.4 is 5.73 Å². The third-order valence-electron chi connectivity index (χ3n) is 3.99. The number of ether oxygens (including phenoxy) is 1. The second-order valence-electron chi connectivity index (χ2n) is 6.18. The molecule has 3 nitrogen and oxygen atoms in total. The molecule has 2 fully saturated rings. The Morgan fingerprint density at radius 3 is 2.59 bits per heavy atom. The monoisotopic (exact) mass is 262 g/mol. The molecule has 0 aromatic rings. The van der Waals surface area contributed by atoms with E-state index in [0.717, 1.165) is 45.2 Å². The molecule has 4 heteroatoms. The van der Waals surface area contributed by atoms with Crippen LogP contribution in [0.5, 0.6) is 0 Å². The molecule has 1 heterocycles. The molecule has 102 valence electrons. The molecule has 0 amide bonds. The summed E-state index contributed by atoms with van der Waals surface area (Å²) in [6.07, 6.45) is 3.88. The lowest BCUT2D eigenvalue weighted by Gasteiger charge is -2.42. The van der Waals surface area contributed by atoms with Gasteiger partial charge in [0, 0.05) is 25.7 Å². The minimum absolute atomic E-state index is 0. The van der Waals surface area contributed by atoms with Gasteiger partial charge in [0.15, 0.2) is 0 Å². The first-order valence-electron chi connectivity index (χ1n) is 6.63. The smallest absolute Gasteiger partial charge is 0.0593 e. The van der Waals surface area contributed by atoms with Gasteiger partial charge in [-0.3, -0.25) is 0 Å². The molecule has 17 heavy (non-hydrogen) atoms. The fourth-order valence-electron chi connectivity index (χ4n) is 2.40. The van der Waals surface area contributed by atoms with Gasteiger partial charge in [0.2, 0.25) is 0 Å². The van der Waals surface area contributed by atoms with Gasteiger partial charge in [0.1, 0.15) is 0 Å². The largest absolute Gasteiger partial charge is 0.380 e. The number of rotatable bonds is 5. The molecule has 0 aromatic carbocycles. The zero-order valence-electron chi connectivity index (χ0n) is 11.2. The van der Waals surface area contributed by atoms with Crippen LogP contribution >= 0.6 is 12.4 Å². The van der Waals surface area contributed by atoms with Crippen LogP contribution in [-0.2, 0) is 4.74 Å². The van der Waals surface area contributed by atoms with Crippen LogP contribution in [0, 0.1) is 11.3 Å². The van der Waals surface area contributed by atoms with Gasteiger partial charge in [-0.25, -0.2) is 0 Å². The van der Waals surface area contributed by atoms with Gasteiger partial charge >= 0.3 is 0 Å². The van der Waals surface area contributed by atoms with Crippen molar-refractivity contribution in [2.45, 2.75) is 39.2 Å². The molecule has 0 radical (unpaired) electrons. The van der Waals surface area contributed by atoms with Crippen LogP contribution in [0.1, 0.15) is 33.1 Å². The Morgan fingerprint density at radius 2 is 2.00 bits per heavy atom. The molecule has 0 aromatic heterocycles. The van der Waals surface area contributed by atoms with E-state index in [2.05, 4.69) is 18.7 Å². The first-order valence-corrected chi connectivity index (χ1v) is 6.63. The van der Waals surface area contributed by atoms with E-state index in [9.17, 15) is 0 Å². The summed E-state index contributed by atoms with van der Waals surface area (Å²) in [5.41, 5.74) is 6.38. The van der Waals surface area contributed by atoms with Gasteiger partial charge in [-0.15, -0.1) is 12.4 Å². The Morgan fingerprint density at radius 1 is 1.29 bits per heavy atom. The van der Waals surface area contributed by atoms with Gasteiger partial charge in [-0.1, -0.05) is 13.8 Å². The van der Waals surface area contributed by atoms with Crippen LogP contribution in [0.25, 0.3) is 0 Å². The van der Waals surface area contributed by atoms with E-state index in [0.29, 0.717) is 6.04 Å². The lowest BCUT2D eigenvalue weighted by molar-refractivity contribution is 0.0517. The van der Waals surface area contributed by atoms with E-state index in [1.807, 2.05) is 0 Å². The van der Waals surface area contributed by atoms with Gasteiger partial charge in [0.25, 0.3) is 0 Å². The van der Waals surface area contributed by atoms with Gasteiger partial charge in [0.05, 0.1) is 6.61 Å². The summed E-state index contributed by atoms with van der Waals surface area (Å²) in [5, 5.41) is 0. The van der Waals surface area contributed by atoms with Crippen molar-refractivity contribution < 1.29 is 4.74 Å². The number of nitrogens with zero attached hydrogens (tertiary/aromatic N) is 1. The van der Waals surface area contributed by atoms with Crippen molar-refractivity contribution in [2.75, 3.05) is 32.8 Å². The summed E-state index contributed by atoms with van der Waals surface area (Å²) >= 11 is 0. The molecule has 0 bridgehead atoms. The van der Waals surface area contributed by atoms with Crippen LogP contribution in [0.4, 0.5) is 0 Å². The van der Waals surface area contributed by atoms with Crippen molar-refractivity contribution >= 4 is 12.4 Å². The number of halogens is 1. The van der Waals surface area contributed by atoms with Crippen molar-refractivity contribution in [2.24, 2.45) is 17.1 Å². The van der Waals surface area contributed by atoms with E-state index in [1.165, 1.54) is 12.8 Å². The summed E-state index contributed by atoms with van der Waals surface area (Å²) in [6.45, 7) is 9.74. The predicted octanol–water partition coefficient (Wildman–Crippen LogP) is 1.89. The summed E-state index contributed by atoms with van der Waals surface area (Å²) < 4.78 is 5.68. The van der Waals surface area contributed by atoms with Crippen molar-refractivity contribution in [3.8, 4) is 0 Å². The first kappa shape index (κ1) is 15.2. The maximum absolute atomic E-state index is 6.12. The average molecular weight is 263 g/mol. The van der Waals surface area contributed by atoms with E-state index in [4.69, 9.17) is 10.5 Å². The second-order valence-corrected chi connectivity index (χ2v) is 6.18. The third-order valence-corrected chi connectivity index (χ3v) is 3.99. The summed E-state index contributed by atoms with van der Waals surface area (Å²) in [7, 11) is 0. The molecule has 2 aliphatic rings. The number of nitrogens with two attached hydrogens (primary N) is 1. The van der Waals surface area contributed by atoms with Gasteiger partial charge in [-0.05, 0) is 37.1 Å². The maximum atomic E-state index is 6.12. The number of hydrogen-bond acceptors (Lipinski definition) is 3. The van der Waals surface area contributed by atoms with Gasteiger partial charge < -0.3 is 15.4 Å². The molecular formula is C13H27ClN2O. The molecule has 1 atom stereocenters. The Kier molecular flexibility index (Phi) is 5.71. The molecule has 1 saturated heterocycles. The fraction of sp³-hybridized carbons (Fsp3) is 1.00. The Hall–Kier alpha value is 0.170. The standard InChI is InChI=1S/C13H26N2O.ClH/c1-13(2)10-15(6-5-12(13)14)7-8-16-9-11-3-4-11;/h11-12H,3-10,14H2,1-2H3;1H. The zero-order chi connectivity index (χ0) is 11.6. The molecular weight excluding hydrogens is 236 g/mol. The predicted molar refractivity (Wildman–Crippen MR) is 73.6 cm³/mol. The second kappa shape index (κ2) is 6.37. The minimum atomic E-state index is 0. The third kappa shape index (κ3) is 4.74. The Balaban J connectivity index is 0.00000144. The van der Waals surface area contributed by atoms with Crippen molar-refractivity contribution in [3.63, 3.8) is 0 Å². The SMILES string of the molecule is CC1(C)CN(CCOCC2CC2)CCC1N.Cl. The average Bonchev–Trinajstić information content (AvgIpc) is 3.01. The molecule has 0 spiro atoms. The zero-order valence-corrected chi connectivity index (χ0v) is 12.0. The van der Waals surface area contributed by atoms with E-state index in [-0.39, 0.29) is 17.8 Å². The Labute approximate surface area is 111 Å². The van der Waals surface area contributed by atoms with Crippen molar-refractivity contribution in [1.29, 1.82) is 0 Å².